The highest BCUT2D eigenvalue weighted by atomic mass is 32.2. The fourth-order valence-electron chi connectivity index (χ4n) is 3.76. The van der Waals surface area contributed by atoms with Crippen LogP contribution in [-0.2, 0) is 32.6 Å². The highest BCUT2D eigenvalue weighted by Crippen LogP contribution is 2.22. The second kappa shape index (κ2) is 11.4. The van der Waals surface area contributed by atoms with Crippen molar-refractivity contribution in [1.82, 2.24) is 10.2 Å². The van der Waals surface area contributed by atoms with Crippen LogP contribution in [0.5, 0.6) is 0 Å². The third kappa shape index (κ3) is 7.32. The van der Waals surface area contributed by atoms with Crippen molar-refractivity contribution in [3.63, 3.8) is 0 Å². The highest BCUT2D eigenvalue weighted by molar-refractivity contribution is 7.92. The highest BCUT2D eigenvalue weighted by Gasteiger charge is 2.19. The van der Waals surface area contributed by atoms with E-state index in [0.717, 1.165) is 44.0 Å². The monoisotopic (exact) mass is 459 g/mol. The van der Waals surface area contributed by atoms with Gasteiger partial charge in [0, 0.05) is 39.1 Å². The average Bonchev–Trinajstić information content (AvgIpc) is 2.77. The first-order chi connectivity index (χ1) is 15.3. The van der Waals surface area contributed by atoms with Crippen molar-refractivity contribution in [1.29, 1.82) is 0 Å². The summed E-state index contributed by atoms with van der Waals surface area (Å²) in [6.07, 6.45) is 1.92. The van der Waals surface area contributed by atoms with Gasteiger partial charge < -0.3 is 10.1 Å². The van der Waals surface area contributed by atoms with Gasteiger partial charge in [-0.15, -0.1) is 0 Å². The fraction of sp³-hybridized carbons (Fsp3) is 0.458. The van der Waals surface area contributed by atoms with E-state index in [2.05, 4.69) is 22.3 Å². The summed E-state index contributed by atoms with van der Waals surface area (Å²) in [5.74, 6) is -0.0828. The molecule has 0 aliphatic carbocycles. The molecule has 0 bridgehead atoms. The summed E-state index contributed by atoms with van der Waals surface area (Å²) in [5, 5.41) is 2.93. The van der Waals surface area contributed by atoms with E-state index in [1.165, 1.54) is 16.1 Å². The zero-order chi connectivity index (χ0) is 23.0. The van der Waals surface area contributed by atoms with Gasteiger partial charge in [0.1, 0.15) is 0 Å². The Bertz CT molecular complexity index is 987. The summed E-state index contributed by atoms with van der Waals surface area (Å²) in [4.78, 5) is 14.7. The van der Waals surface area contributed by atoms with Gasteiger partial charge in [0.25, 0.3) is 0 Å². The van der Waals surface area contributed by atoms with Crippen molar-refractivity contribution in [2.45, 2.75) is 32.9 Å². The molecule has 7 nitrogen and oxygen atoms in total. The first-order valence-corrected chi connectivity index (χ1v) is 12.9. The third-order valence-electron chi connectivity index (χ3n) is 5.57. The number of amides is 1. The smallest absolute Gasteiger partial charge is 0.232 e. The Balaban J connectivity index is 1.44. The summed E-state index contributed by atoms with van der Waals surface area (Å²) in [5.41, 5.74) is 3.84. The van der Waals surface area contributed by atoms with Gasteiger partial charge in [0.15, 0.2) is 0 Å². The molecule has 1 aliphatic heterocycles. The molecule has 1 fully saturated rings. The molecule has 174 valence electrons. The standard InChI is InChI=1S/C24H33N3O4S/c1-20-6-3-4-7-23(20)27(32(2,29)30)13-5-8-24(28)25-18-21-9-11-22(12-10-21)19-26-14-16-31-17-15-26/h3-4,6-7,9-12H,5,8,13-19H2,1-2H3,(H,25,28). The predicted octanol–water partition coefficient (Wildman–Crippen LogP) is 2.69. The van der Waals surface area contributed by atoms with Gasteiger partial charge in [-0.05, 0) is 36.1 Å². The number of carbonyl (C=O) groups is 1. The number of nitrogens with zero attached hydrogens (tertiary/aromatic N) is 2. The Kier molecular flexibility index (Phi) is 8.67. The van der Waals surface area contributed by atoms with Gasteiger partial charge in [0.2, 0.25) is 15.9 Å². The van der Waals surface area contributed by atoms with E-state index in [9.17, 15) is 13.2 Å². The van der Waals surface area contributed by atoms with Crippen LogP contribution < -0.4 is 9.62 Å². The Morgan fingerprint density at radius 2 is 1.72 bits per heavy atom. The lowest BCUT2D eigenvalue weighted by atomic mass is 10.1. The molecule has 1 saturated heterocycles. The summed E-state index contributed by atoms with van der Waals surface area (Å²) in [6.45, 7) is 7.02. The molecule has 0 saturated carbocycles. The van der Waals surface area contributed by atoms with Crippen LogP contribution in [0.2, 0.25) is 0 Å². The molecule has 0 unspecified atom stereocenters. The van der Waals surface area contributed by atoms with Crippen molar-refractivity contribution >= 4 is 21.6 Å². The molecule has 0 radical (unpaired) electrons. The third-order valence-corrected chi connectivity index (χ3v) is 6.75. The number of sulfonamides is 1. The topological polar surface area (TPSA) is 79.0 Å². The van der Waals surface area contributed by atoms with E-state index in [1.807, 2.05) is 37.3 Å². The summed E-state index contributed by atoms with van der Waals surface area (Å²) in [7, 11) is -3.42. The number of rotatable bonds is 10. The van der Waals surface area contributed by atoms with E-state index in [-0.39, 0.29) is 18.9 Å². The van der Waals surface area contributed by atoms with Gasteiger partial charge in [-0.25, -0.2) is 8.42 Å². The number of para-hydroxylation sites is 1. The number of aryl methyl sites for hydroxylation is 1. The van der Waals surface area contributed by atoms with Crippen LogP contribution in [0.15, 0.2) is 48.5 Å². The molecule has 2 aromatic carbocycles. The van der Waals surface area contributed by atoms with Crippen LogP contribution in [0.3, 0.4) is 0 Å². The molecular weight excluding hydrogens is 426 g/mol. The second-order valence-corrected chi connectivity index (χ2v) is 10.1. The van der Waals surface area contributed by atoms with Crippen LogP contribution >= 0.6 is 0 Å². The zero-order valence-electron chi connectivity index (χ0n) is 18.9. The molecule has 1 heterocycles. The molecule has 0 spiro atoms. The minimum absolute atomic E-state index is 0.0828. The summed E-state index contributed by atoms with van der Waals surface area (Å²) >= 11 is 0. The number of hydrogen-bond donors (Lipinski definition) is 1. The maximum absolute atomic E-state index is 12.3. The number of carbonyl (C=O) groups excluding carboxylic acids is 1. The van der Waals surface area contributed by atoms with Gasteiger partial charge in [-0.3, -0.25) is 14.0 Å². The van der Waals surface area contributed by atoms with Gasteiger partial charge in [0.05, 0.1) is 25.2 Å². The van der Waals surface area contributed by atoms with Crippen LogP contribution in [0.4, 0.5) is 5.69 Å². The van der Waals surface area contributed by atoms with Crippen molar-refractivity contribution in [2.75, 3.05) is 43.4 Å². The quantitative estimate of drug-likeness (QED) is 0.591. The summed E-state index contributed by atoms with van der Waals surface area (Å²) < 4.78 is 31.2. The number of morpholine rings is 1. The fourth-order valence-corrected chi connectivity index (χ4v) is 4.78. The van der Waals surface area contributed by atoms with E-state index in [0.29, 0.717) is 18.7 Å². The molecule has 2 aromatic rings. The van der Waals surface area contributed by atoms with Gasteiger partial charge in [-0.2, -0.15) is 0 Å². The lowest BCUT2D eigenvalue weighted by Gasteiger charge is -2.26. The SMILES string of the molecule is Cc1ccccc1N(CCCC(=O)NCc1ccc(CN2CCOCC2)cc1)S(C)(=O)=O. The Hall–Kier alpha value is -2.42. The molecule has 3 rings (SSSR count). The molecule has 1 amide bonds. The van der Waals surface area contributed by atoms with E-state index in [4.69, 9.17) is 4.74 Å². The minimum atomic E-state index is -3.42. The predicted molar refractivity (Wildman–Crippen MR) is 127 cm³/mol. The van der Waals surface area contributed by atoms with E-state index >= 15 is 0 Å². The largest absolute Gasteiger partial charge is 0.379 e. The Morgan fingerprint density at radius 1 is 1.06 bits per heavy atom. The lowest BCUT2D eigenvalue weighted by molar-refractivity contribution is -0.121. The molecule has 0 atom stereocenters. The molecular formula is C24H33N3O4S. The Labute approximate surface area is 191 Å². The molecule has 32 heavy (non-hydrogen) atoms. The number of nitrogens with one attached hydrogen (secondary N) is 1. The number of anilines is 1. The first-order valence-electron chi connectivity index (χ1n) is 11.0. The summed E-state index contributed by atoms with van der Waals surface area (Å²) in [6, 6.07) is 15.7. The van der Waals surface area contributed by atoms with E-state index in [1.54, 1.807) is 6.07 Å². The van der Waals surface area contributed by atoms with Crippen molar-refractivity contribution < 1.29 is 17.9 Å². The van der Waals surface area contributed by atoms with Gasteiger partial charge in [-0.1, -0.05) is 42.5 Å². The zero-order valence-corrected chi connectivity index (χ0v) is 19.7. The number of benzene rings is 2. The van der Waals surface area contributed by atoms with Crippen molar-refractivity contribution in [3.05, 3.63) is 65.2 Å². The Morgan fingerprint density at radius 3 is 2.38 bits per heavy atom. The van der Waals surface area contributed by atoms with Crippen LogP contribution in [0.1, 0.15) is 29.5 Å². The minimum Gasteiger partial charge on any atom is -0.379 e. The number of ether oxygens (including phenoxy) is 1. The maximum Gasteiger partial charge on any atom is 0.232 e. The maximum atomic E-state index is 12.3. The normalized spacial score (nSPS) is 14.8. The first kappa shape index (κ1) is 24.2. The van der Waals surface area contributed by atoms with Crippen molar-refractivity contribution in [3.8, 4) is 0 Å². The number of hydrogen-bond acceptors (Lipinski definition) is 5. The molecule has 1 aliphatic rings. The van der Waals surface area contributed by atoms with Crippen molar-refractivity contribution in [2.24, 2.45) is 0 Å². The lowest BCUT2D eigenvalue weighted by Crippen LogP contribution is -2.35. The molecule has 0 aromatic heterocycles. The molecule has 1 N–H and O–H groups in total. The van der Waals surface area contributed by atoms with Gasteiger partial charge >= 0.3 is 0 Å². The van der Waals surface area contributed by atoms with Crippen LogP contribution in [-0.4, -0.2) is 58.3 Å². The van der Waals surface area contributed by atoms with Crippen LogP contribution in [0, 0.1) is 6.92 Å². The van der Waals surface area contributed by atoms with Crippen LogP contribution in [0.25, 0.3) is 0 Å². The second-order valence-electron chi connectivity index (χ2n) is 8.21. The molecule has 8 heteroatoms. The van der Waals surface area contributed by atoms with E-state index < -0.39 is 10.0 Å². The average molecular weight is 460 g/mol.